The smallest absolute Gasteiger partial charge is 0.264 e. The Bertz CT molecular complexity index is 1200. The van der Waals surface area contributed by atoms with Gasteiger partial charge in [0, 0.05) is 18.2 Å². The van der Waals surface area contributed by atoms with E-state index in [4.69, 9.17) is 21.1 Å². The van der Waals surface area contributed by atoms with E-state index in [2.05, 4.69) is 10.2 Å². The molecular weight excluding hydrogens is 434 g/mol. The molecule has 0 spiro atoms. The Morgan fingerprint density at radius 3 is 2.34 bits per heavy atom. The number of Topliss-reactive ketones (excluding diaryl/α,β-unsaturated/α-hetero) is 1. The van der Waals surface area contributed by atoms with Gasteiger partial charge in [-0.2, -0.15) is 0 Å². The van der Waals surface area contributed by atoms with Crippen LogP contribution in [0.2, 0.25) is 5.02 Å². The van der Waals surface area contributed by atoms with Crippen LogP contribution in [0.1, 0.15) is 50.0 Å². The lowest BCUT2D eigenvalue weighted by molar-refractivity contribution is 0.0466. The molecule has 0 aromatic heterocycles. The molecule has 0 radical (unpaired) electrons. The van der Waals surface area contributed by atoms with Crippen molar-refractivity contribution >= 4 is 40.6 Å². The first-order chi connectivity index (χ1) is 15.4. The zero-order valence-electron chi connectivity index (χ0n) is 17.7. The van der Waals surface area contributed by atoms with Gasteiger partial charge in [0.05, 0.1) is 35.9 Å². The van der Waals surface area contributed by atoms with Gasteiger partial charge in [0.2, 0.25) is 5.78 Å². The van der Waals surface area contributed by atoms with E-state index in [-0.39, 0.29) is 45.7 Å². The monoisotopic (exact) mass is 453 g/mol. The third-order valence-corrected chi connectivity index (χ3v) is 5.81. The van der Waals surface area contributed by atoms with E-state index in [0.29, 0.717) is 17.5 Å². The average molecular weight is 454 g/mol. The fourth-order valence-electron chi connectivity index (χ4n) is 3.93. The van der Waals surface area contributed by atoms with Crippen LogP contribution in [0.3, 0.4) is 0 Å². The Morgan fingerprint density at radius 2 is 1.69 bits per heavy atom. The second-order valence-electron chi connectivity index (χ2n) is 7.27. The van der Waals surface area contributed by atoms with Crippen LogP contribution in [0, 0.1) is 0 Å². The fourth-order valence-corrected chi connectivity index (χ4v) is 4.13. The zero-order chi connectivity index (χ0) is 23.0. The maximum absolute atomic E-state index is 13.2. The molecule has 4 rings (SSSR count). The number of ether oxygens (including phenoxy) is 2. The number of methoxy groups -OCH3 is 2. The highest BCUT2D eigenvalue weighted by atomic mass is 35.5. The molecule has 1 unspecified atom stereocenters. The number of benzene rings is 2. The Balaban J connectivity index is 1.77. The van der Waals surface area contributed by atoms with Gasteiger partial charge >= 0.3 is 0 Å². The van der Waals surface area contributed by atoms with Crippen molar-refractivity contribution in [3.05, 3.63) is 69.4 Å². The summed E-state index contributed by atoms with van der Waals surface area (Å²) in [7, 11) is 2.95. The molecule has 1 atom stereocenters. The summed E-state index contributed by atoms with van der Waals surface area (Å²) in [4.78, 5) is 40.1. The highest BCUT2D eigenvalue weighted by Crippen LogP contribution is 2.40. The van der Waals surface area contributed by atoms with E-state index in [0.717, 1.165) is 0 Å². The van der Waals surface area contributed by atoms with Gasteiger partial charge in [0.25, 0.3) is 11.8 Å². The van der Waals surface area contributed by atoms with Crippen LogP contribution in [0.25, 0.3) is 5.76 Å². The Labute approximate surface area is 189 Å². The van der Waals surface area contributed by atoms with E-state index in [9.17, 15) is 14.4 Å². The van der Waals surface area contributed by atoms with Crippen molar-refractivity contribution in [3.63, 3.8) is 0 Å². The van der Waals surface area contributed by atoms with E-state index >= 15 is 0 Å². The molecule has 0 saturated heterocycles. The average Bonchev–Trinajstić information content (AvgIpc) is 3.22. The Hall–Kier alpha value is -3.36. The highest BCUT2D eigenvalue weighted by Gasteiger charge is 2.42. The molecule has 0 fully saturated rings. The van der Waals surface area contributed by atoms with E-state index in [1.165, 1.54) is 31.3 Å². The topological polar surface area (TPSA) is 97.6 Å². The standard InChI is InChI=1S/C23H20ClN3O5/c1-4-12(11-31-2)27-22(29)15-9-10-16(24)18(17(15)23(27)30)25-26-19-20(28)13-7-5-6-8-14(13)21(19)32-3/h5-10,12H,4,11H2,1-3H3. The van der Waals surface area contributed by atoms with Gasteiger partial charge in [-0.15, -0.1) is 10.2 Å². The molecule has 2 aromatic rings. The predicted molar refractivity (Wildman–Crippen MR) is 117 cm³/mol. The number of rotatable bonds is 7. The summed E-state index contributed by atoms with van der Waals surface area (Å²) in [6.45, 7) is 2.08. The van der Waals surface area contributed by atoms with E-state index in [1.54, 1.807) is 24.3 Å². The highest BCUT2D eigenvalue weighted by molar-refractivity contribution is 6.35. The van der Waals surface area contributed by atoms with Crippen molar-refractivity contribution < 1.29 is 23.9 Å². The summed E-state index contributed by atoms with van der Waals surface area (Å²) in [6, 6.07) is 9.51. The molecule has 0 bridgehead atoms. The van der Waals surface area contributed by atoms with Crippen molar-refractivity contribution in [2.45, 2.75) is 19.4 Å². The van der Waals surface area contributed by atoms with Crippen LogP contribution in [0.4, 0.5) is 5.69 Å². The number of nitrogens with zero attached hydrogens (tertiary/aromatic N) is 3. The number of amides is 2. The lowest BCUT2D eigenvalue weighted by Crippen LogP contribution is -2.42. The first-order valence-corrected chi connectivity index (χ1v) is 10.4. The van der Waals surface area contributed by atoms with Gasteiger partial charge in [-0.3, -0.25) is 19.3 Å². The van der Waals surface area contributed by atoms with Gasteiger partial charge in [0.15, 0.2) is 11.5 Å². The number of ketones is 1. The molecule has 0 saturated carbocycles. The molecule has 164 valence electrons. The van der Waals surface area contributed by atoms with Crippen LogP contribution in [-0.2, 0) is 9.47 Å². The third kappa shape index (κ3) is 3.32. The molecule has 32 heavy (non-hydrogen) atoms. The number of hydrogen-bond donors (Lipinski definition) is 0. The largest absolute Gasteiger partial charge is 0.494 e. The SMILES string of the molecule is CCC(COC)N1C(=O)c2ccc(Cl)c(N=NC3=C(OC)c4ccccc4C3=O)c2C1=O. The van der Waals surface area contributed by atoms with Gasteiger partial charge in [-0.1, -0.05) is 42.8 Å². The van der Waals surface area contributed by atoms with Crippen LogP contribution < -0.4 is 0 Å². The van der Waals surface area contributed by atoms with Crippen molar-refractivity contribution in [2.75, 3.05) is 20.8 Å². The second-order valence-corrected chi connectivity index (χ2v) is 7.68. The molecule has 1 heterocycles. The maximum Gasteiger partial charge on any atom is 0.264 e. The number of allylic oxidation sites excluding steroid dienone is 1. The lowest BCUT2D eigenvalue weighted by Gasteiger charge is -2.24. The molecule has 2 aliphatic rings. The number of carbonyl (C=O) groups excluding carboxylic acids is 3. The van der Waals surface area contributed by atoms with Crippen LogP contribution >= 0.6 is 11.6 Å². The first-order valence-electron chi connectivity index (χ1n) is 9.97. The molecule has 0 N–H and O–H groups in total. The van der Waals surface area contributed by atoms with E-state index < -0.39 is 17.9 Å². The van der Waals surface area contributed by atoms with Gasteiger partial charge < -0.3 is 9.47 Å². The second kappa shape index (κ2) is 8.64. The maximum atomic E-state index is 13.2. The van der Waals surface area contributed by atoms with Crippen LogP contribution in [0.5, 0.6) is 0 Å². The molecule has 1 aliphatic heterocycles. The quantitative estimate of drug-likeness (QED) is 0.448. The summed E-state index contributed by atoms with van der Waals surface area (Å²) in [5.41, 5.74) is 1.34. The summed E-state index contributed by atoms with van der Waals surface area (Å²) in [5, 5.41) is 8.39. The van der Waals surface area contributed by atoms with Gasteiger partial charge in [-0.25, -0.2) is 0 Å². The predicted octanol–water partition coefficient (Wildman–Crippen LogP) is 4.66. The van der Waals surface area contributed by atoms with Crippen LogP contribution in [0.15, 0.2) is 52.3 Å². The number of hydrogen-bond acceptors (Lipinski definition) is 7. The van der Waals surface area contributed by atoms with E-state index in [1.807, 2.05) is 6.92 Å². The molecule has 1 aliphatic carbocycles. The van der Waals surface area contributed by atoms with Crippen molar-refractivity contribution in [2.24, 2.45) is 10.2 Å². The van der Waals surface area contributed by atoms with Crippen molar-refractivity contribution in [1.29, 1.82) is 0 Å². The van der Waals surface area contributed by atoms with Crippen molar-refractivity contribution in [3.8, 4) is 0 Å². The number of fused-ring (bicyclic) bond motifs is 2. The molecule has 2 amide bonds. The Kier molecular flexibility index (Phi) is 5.90. The summed E-state index contributed by atoms with van der Waals surface area (Å²) in [5.74, 6) is -1.02. The molecule has 2 aromatic carbocycles. The lowest BCUT2D eigenvalue weighted by atomic mass is 10.1. The zero-order valence-corrected chi connectivity index (χ0v) is 18.5. The molecule has 8 nitrogen and oxygen atoms in total. The number of halogens is 1. The Morgan fingerprint density at radius 1 is 0.969 bits per heavy atom. The minimum absolute atomic E-state index is 0.00168. The van der Waals surface area contributed by atoms with Crippen LogP contribution in [-0.4, -0.2) is 49.4 Å². The van der Waals surface area contributed by atoms with Crippen molar-refractivity contribution in [1.82, 2.24) is 4.90 Å². The summed E-state index contributed by atoms with van der Waals surface area (Å²) >= 11 is 6.33. The molecule has 9 heteroatoms. The number of imide groups is 1. The third-order valence-electron chi connectivity index (χ3n) is 5.51. The minimum atomic E-state index is -0.521. The minimum Gasteiger partial charge on any atom is -0.494 e. The van der Waals surface area contributed by atoms with Gasteiger partial charge in [-0.05, 0) is 18.6 Å². The normalized spacial score (nSPS) is 16.2. The van der Waals surface area contributed by atoms with Gasteiger partial charge in [0.1, 0.15) is 5.69 Å². The number of azo groups is 1. The fraction of sp³-hybridized carbons (Fsp3) is 0.261. The molecular formula is C23H20ClN3O5. The summed E-state index contributed by atoms with van der Waals surface area (Å²) < 4.78 is 10.6. The summed E-state index contributed by atoms with van der Waals surface area (Å²) in [6.07, 6.45) is 0.529. The number of carbonyl (C=O) groups is 3. The first kappa shape index (κ1) is 21.9.